The van der Waals surface area contributed by atoms with E-state index in [1.54, 1.807) is 18.4 Å². The molecule has 0 heterocycles. The van der Waals surface area contributed by atoms with Gasteiger partial charge in [0.1, 0.15) is 17.9 Å². The van der Waals surface area contributed by atoms with E-state index >= 15 is 0 Å². The van der Waals surface area contributed by atoms with Crippen LogP contribution in [0.25, 0.3) is 0 Å². The predicted molar refractivity (Wildman–Crippen MR) is 111 cm³/mol. The number of hydrogen-bond donors (Lipinski definition) is 1. The summed E-state index contributed by atoms with van der Waals surface area (Å²) in [5, 5.41) is 3.47. The highest BCUT2D eigenvalue weighted by molar-refractivity contribution is 5.81. The molecule has 0 amide bonds. The average Bonchev–Trinajstić information content (AvgIpc) is 2.79. The molecule has 0 aliphatic heterocycles. The summed E-state index contributed by atoms with van der Waals surface area (Å²) in [4.78, 5) is 0. The Morgan fingerprint density at radius 3 is 2.09 bits per heavy atom. The van der Waals surface area contributed by atoms with Crippen molar-refractivity contribution in [2.75, 3.05) is 12.0 Å². The van der Waals surface area contributed by atoms with Crippen LogP contribution in [0.2, 0.25) is 0 Å². The average molecular weight is 486 g/mol. The summed E-state index contributed by atoms with van der Waals surface area (Å²) in [5.41, 5.74) is -1.22. The quantitative estimate of drug-likeness (QED) is 0.167. The van der Waals surface area contributed by atoms with Gasteiger partial charge in [0.2, 0.25) is 0 Å². The summed E-state index contributed by atoms with van der Waals surface area (Å²) in [5.74, 6) is -8.96. The zero-order chi connectivity index (χ0) is 24.9. The molecule has 34 heavy (non-hydrogen) atoms. The standard InChI is InChI=1S/C23H17F7N2O2/c1-2-33-16-10-14(8-9-15(16)34-12-13-6-4-3-5-7-13)11-31-32-22-20(26)18(24)17(23(28,29)30)19(25)21(22)27/h3-11,32H,2,12H2,1H3/b31-11+. The molecule has 1 N–H and O–H groups in total. The largest absolute Gasteiger partial charge is 0.490 e. The fourth-order valence-corrected chi connectivity index (χ4v) is 2.88. The molecule has 11 heteroatoms. The third-order valence-corrected chi connectivity index (χ3v) is 4.44. The lowest BCUT2D eigenvalue weighted by molar-refractivity contribution is -0.143. The summed E-state index contributed by atoms with van der Waals surface area (Å²) in [7, 11) is 0. The Labute approximate surface area is 189 Å². The molecular formula is C23H17F7N2O2. The maximum atomic E-state index is 13.9. The summed E-state index contributed by atoms with van der Waals surface area (Å²) in [6, 6.07) is 13.9. The first-order valence-electron chi connectivity index (χ1n) is 9.79. The second-order valence-electron chi connectivity index (χ2n) is 6.79. The van der Waals surface area contributed by atoms with E-state index in [1.807, 2.05) is 30.3 Å². The molecule has 4 nitrogen and oxygen atoms in total. The van der Waals surface area contributed by atoms with Crippen molar-refractivity contribution in [3.8, 4) is 11.5 Å². The normalized spacial score (nSPS) is 11.6. The van der Waals surface area contributed by atoms with Gasteiger partial charge in [-0.25, -0.2) is 17.6 Å². The highest BCUT2D eigenvalue weighted by Gasteiger charge is 2.42. The Morgan fingerprint density at radius 2 is 1.50 bits per heavy atom. The van der Waals surface area contributed by atoms with Gasteiger partial charge in [-0.1, -0.05) is 30.3 Å². The van der Waals surface area contributed by atoms with Crippen LogP contribution in [0.3, 0.4) is 0 Å². The van der Waals surface area contributed by atoms with Crippen LogP contribution in [0.5, 0.6) is 11.5 Å². The van der Waals surface area contributed by atoms with E-state index in [1.165, 1.54) is 12.1 Å². The molecule has 0 aromatic heterocycles. The molecule has 180 valence electrons. The molecule has 0 radical (unpaired) electrons. The number of nitrogens with zero attached hydrogens (tertiary/aromatic N) is 1. The van der Waals surface area contributed by atoms with Crippen LogP contribution in [0.15, 0.2) is 53.6 Å². The Kier molecular flexibility index (Phi) is 7.64. The molecule has 3 aromatic carbocycles. The molecule has 0 aliphatic rings. The monoisotopic (exact) mass is 486 g/mol. The number of hydrazone groups is 1. The first kappa shape index (κ1) is 24.9. The molecule has 0 unspecified atom stereocenters. The van der Waals surface area contributed by atoms with E-state index in [-0.39, 0.29) is 6.61 Å². The van der Waals surface area contributed by atoms with Crippen molar-refractivity contribution < 1.29 is 40.2 Å². The van der Waals surface area contributed by atoms with Gasteiger partial charge < -0.3 is 9.47 Å². The topological polar surface area (TPSA) is 42.8 Å². The van der Waals surface area contributed by atoms with Crippen LogP contribution in [-0.4, -0.2) is 12.8 Å². The number of benzene rings is 3. The Bertz CT molecular complexity index is 1150. The molecule has 3 rings (SSSR count). The SMILES string of the molecule is CCOc1cc(/C=N/Nc2c(F)c(F)c(C(F)(F)F)c(F)c2F)ccc1OCc1ccccc1. The van der Waals surface area contributed by atoms with Gasteiger partial charge in [-0.3, -0.25) is 5.43 Å². The van der Waals surface area contributed by atoms with Gasteiger partial charge in [-0.05, 0) is 36.2 Å². The number of hydrogen-bond acceptors (Lipinski definition) is 4. The molecule has 0 aliphatic carbocycles. The van der Waals surface area contributed by atoms with Gasteiger partial charge >= 0.3 is 6.18 Å². The second-order valence-corrected chi connectivity index (χ2v) is 6.79. The molecule has 0 spiro atoms. The number of alkyl halides is 3. The number of ether oxygens (including phenoxy) is 2. The maximum Gasteiger partial charge on any atom is 0.422 e. The molecule has 0 atom stereocenters. The Hall–Kier alpha value is -3.76. The minimum atomic E-state index is -5.63. The Balaban J connectivity index is 1.80. The molecule has 3 aromatic rings. The predicted octanol–water partition coefficient (Wildman–Crippen LogP) is 6.69. The third-order valence-electron chi connectivity index (χ3n) is 4.44. The fraction of sp³-hybridized carbons (Fsp3) is 0.174. The number of anilines is 1. The van der Waals surface area contributed by atoms with Gasteiger partial charge in [-0.2, -0.15) is 18.3 Å². The fourth-order valence-electron chi connectivity index (χ4n) is 2.88. The lowest BCUT2D eigenvalue weighted by Gasteiger charge is -2.14. The van der Waals surface area contributed by atoms with E-state index in [0.717, 1.165) is 11.8 Å². The summed E-state index contributed by atoms with van der Waals surface area (Å²) >= 11 is 0. The minimum absolute atomic E-state index is 0.263. The van der Waals surface area contributed by atoms with E-state index in [9.17, 15) is 30.7 Å². The first-order valence-corrected chi connectivity index (χ1v) is 9.79. The van der Waals surface area contributed by atoms with Crippen molar-refractivity contribution in [2.24, 2.45) is 5.10 Å². The van der Waals surface area contributed by atoms with Gasteiger partial charge in [0, 0.05) is 0 Å². The van der Waals surface area contributed by atoms with Crippen LogP contribution in [0.1, 0.15) is 23.6 Å². The summed E-state index contributed by atoms with van der Waals surface area (Å²) < 4.78 is 105. The minimum Gasteiger partial charge on any atom is -0.490 e. The van der Waals surface area contributed by atoms with Crippen LogP contribution in [0.4, 0.5) is 36.4 Å². The van der Waals surface area contributed by atoms with E-state index in [4.69, 9.17) is 9.47 Å². The van der Waals surface area contributed by atoms with E-state index < -0.39 is 40.7 Å². The van der Waals surface area contributed by atoms with Gasteiger partial charge in [-0.15, -0.1) is 0 Å². The van der Waals surface area contributed by atoms with E-state index in [2.05, 4.69) is 5.10 Å². The van der Waals surface area contributed by atoms with Crippen LogP contribution in [0, 0.1) is 23.3 Å². The van der Waals surface area contributed by atoms with Crippen molar-refractivity contribution in [2.45, 2.75) is 19.7 Å². The van der Waals surface area contributed by atoms with Gasteiger partial charge in [0.15, 0.2) is 34.8 Å². The molecular weight excluding hydrogens is 469 g/mol. The number of rotatable bonds is 8. The number of nitrogens with one attached hydrogen (secondary N) is 1. The van der Waals surface area contributed by atoms with Crippen molar-refractivity contribution in [3.05, 3.63) is 88.5 Å². The van der Waals surface area contributed by atoms with E-state index in [0.29, 0.717) is 23.7 Å². The Morgan fingerprint density at radius 1 is 0.853 bits per heavy atom. The lowest BCUT2D eigenvalue weighted by atomic mass is 10.1. The lowest BCUT2D eigenvalue weighted by Crippen LogP contribution is -2.16. The first-order chi connectivity index (χ1) is 16.1. The van der Waals surface area contributed by atoms with Gasteiger partial charge in [0.05, 0.1) is 12.8 Å². The second kappa shape index (κ2) is 10.4. The zero-order valence-electron chi connectivity index (χ0n) is 17.5. The van der Waals surface area contributed by atoms with Crippen molar-refractivity contribution >= 4 is 11.9 Å². The molecule has 0 fully saturated rings. The molecule has 0 saturated heterocycles. The van der Waals surface area contributed by atoms with Crippen molar-refractivity contribution in [1.82, 2.24) is 0 Å². The molecule has 0 bridgehead atoms. The smallest absolute Gasteiger partial charge is 0.422 e. The van der Waals surface area contributed by atoms with Gasteiger partial charge in [0.25, 0.3) is 0 Å². The summed E-state index contributed by atoms with van der Waals surface area (Å²) in [6.07, 6.45) is -4.60. The summed E-state index contributed by atoms with van der Waals surface area (Å²) in [6.45, 7) is 2.29. The molecule has 0 saturated carbocycles. The van der Waals surface area contributed by atoms with Crippen molar-refractivity contribution in [3.63, 3.8) is 0 Å². The highest BCUT2D eigenvalue weighted by Crippen LogP contribution is 2.38. The van der Waals surface area contributed by atoms with Crippen LogP contribution >= 0.6 is 0 Å². The van der Waals surface area contributed by atoms with Crippen molar-refractivity contribution in [1.29, 1.82) is 0 Å². The van der Waals surface area contributed by atoms with Crippen LogP contribution < -0.4 is 14.9 Å². The highest BCUT2D eigenvalue weighted by atomic mass is 19.4. The zero-order valence-corrected chi connectivity index (χ0v) is 17.5. The third kappa shape index (κ3) is 5.59. The maximum absolute atomic E-state index is 13.9. The van der Waals surface area contributed by atoms with Crippen LogP contribution in [-0.2, 0) is 12.8 Å². The number of halogens is 7.